The van der Waals surface area contributed by atoms with Crippen LogP contribution in [0.4, 0.5) is 10.1 Å². The quantitative estimate of drug-likeness (QED) is 0.326. The van der Waals surface area contributed by atoms with Gasteiger partial charge in [-0.1, -0.05) is 13.0 Å². The first-order valence-electron chi connectivity index (χ1n) is 6.55. The fourth-order valence-corrected chi connectivity index (χ4v) is 1.57. The molecule has 0 amide bonds. The summed E-state index contributed by atoms with van der Waals surface area (Å²) >= 11 is 0. The van der Waals surface area contributed by atoms with Gasteiger partial charge in [0, 0.05) is 24.7 Å². The molecule has 0 saturated carbocycles. The molecule has 0 aliphatic heterocycles. The smallest absolute Gasteiger partial charge is 0.161 e. The predicted molar refractivity (Wildman–Crippen MR) is 82.2 cm³/mol. The number of phenolic OH excluding ortho intramolecular Hbond substituents is 1. The van der Waals surface area contributed by atoms with Gasteiger partial charge in [0.2, 0.25) is 0 Å². The summed E-state index contributed by atoms with van der Waals surface area (Å²) in [6.45, 7) is 3.62. The van der Waals surface area contributed by atoms with Gasteiger partial charge in [0.1, 0.15) is 12.0 Å². The Hall–Kier alpha value is -2.37. The molecule has 0 bridgehead atoms. The minimum Gasteiger partial charge on any atom is -0.508 e. The number of aliphatic imine (C=N–C) groups is 1. The van der Waals surface area contributed by atoms with Crippen molar-refractivity contribution < 1.29 is 14.3 Å². The summed E-state index contributed by atoms with van der Waals surface area (Å²) in [7, 11) is 1.46. The number of nitrogens with zero attached hydrogens (tertiary/aromatic N) is 1. The number of allylic oxidation sites excluding steroid dienone is 1. The first kappa shape index (κ1) is 16.7. The highest BCUT2D eigenvalue weighted by Crippen LogP contribution is 2.20. The zero-order chi connectivity index (χ0) is 15.8. The number of rotatable bonds is 6. The lowest BCUT2D eigenvalue weighted by atomic mass is 10.2. The van der Waals surface area contributed by atoms with Crippen LogP contribution in [-0.2, 0) is 4.79 Å². The van der Waals surface area contributed by atoms with Crippen molar-refractivity contribution in [3.05, 3.63) is 35.7 Å². The molecule has 6 heteroatoms. The van der Waals surface area contributed by atoms with E-state index in [0.29, 0.717) is 12.0 Å². The molecule has 5 nitrogen and oxygen atoms in total. The Labute approximate surface area is 123 Å². The average Bonchev–Trinajstić information content (AvgIpc) is 2.46. The summed E-state index contributed by atoms with van der Waals surface area (Å²) in [5.41, 5.74) is 1.48. The molecule has 114 valence electrons. The molecule has 1 atom stereocenters. The van der Waals surface area contributed by atoms with E-state index in [1.807, 2.05) is 0 Å². The Balaban J connectivity index is 2.58. The van der Waals surface area contributed by atoms with E-state index in [4.69, 9.17) is 0 Å². The molecule has 1 aromatic rings. The average molecular weight is 293 g/mol. The number of halogens is 1. The Bertz CT molecular complexity index is 556. The van der Waals surface area contributed by atoms with Crippen LogP contribution in [0.1, 0.15) is 12.5 Å². The third-order valence-corrected chi connectivity index (χ3v) is 2.83. The molecular weight excluding hydrogens is 273 g/mol. The van der Waals surface area contributed by atoms with Crippen LogP contribution in [0, 0.1) is 12.8 Å². The van der Waals surface area contributed by atoms with Crippen LogP contribution >= 0.6 is 0 Å². The van der Waals surface area contributed by atoms with E-state index in [2.05, 4.69) is 15.6 Å². The van der Waals surface area contributed by atoms with Crippen molar-refractivity contribution in [3.8, 4) is 5.75 Å². The number of benzene rings is 1. The fraction of sp³-hybridized carbons (Fsp3) is 0.333. The third kappa shape index (κ3) is 5.25. The lowest BCUT2D eigenvalue weighted by Crippen LogP contribution is -2.29. The molecule has 0 aliphatic carbocycles. The maximum atomic E-state index is 13.8. The number of carbonyl (C=O) groups is 1. The first-order valence-corrected chi connectivity index (χ1v) is 6.55. The van der Waals surface area contributed by atoms with Gasteiger partial charge >= 0.3 is 0 Å². The van der Waals surface area contributed by atoms with E-state index >= 15 is 0 Å². The first-order chi connectivity index (χ1) is 9.97. The maximum Gasteiger partial charge on any atom is 0.161 e. The molecular formula is C15H20FN3O2. The van der Waals surface area contributed by atoms with E-state index in [1.165, 1.54) is 13.1 Å². The van der Waals surface area contributed by atoms with Crippen LogP contribution in [0.5, 0.6) is 5.75 Å². The number of hydrogen-bond acceptors (Lipinski definition) is 4. The molecule has 3 N–H and O–H groups in total. The molecule has 0 aliphatic rings. The minimum atomic E-state index is -0.578. The van der Waals surface area contributed by atoms with Crippen molar-refractivity contribution in [2.45, 2.75) is 13.8 Å². The lowest BCUT2D eigenvalue weighted by molar-refractivity contribution is -0.109. The molecule has 1 rings (SSSR count). The van der Waals surface area contributed by atoms with Crippen LogP contribution in [0.25, 0.3) is 0 Å². The number of phenols is 1. The van der Waals surface area contributed by atoms with Gasteiger partial charge < -0.3 is 20.5 Å². The molecule has 1 aromatic carbocycles. The number of hydrogen-bond donors (Lipinski definition) is 3. The second-order valence-corrected chi connectivity index (χ2v) is 4.61. The Morgan fingerprint density at radius 1 is 1.52 bits per heavy atom. The summed E-state index contributed by atoms with van der Waals surface area (Å²) in [4.78, 5) is 14.3. The van der Waals surface area contributed by atoms with Gasteiger partial charge in [0.15, 0.2) is 11.7 Å². The molecule has 0 spiro atoms. The highest BCUT2D eigenvalue weighted by molar-refractivity contribution is 5.96. The van der Waals surface area contributed by atoms with Crippen molar-refractivity contribution in [1.82, 2.24) is 5.32 Å². The number of amidine groups is 1. The molecule has 0 heterocycles. The second kappa shape index (κ2) is 8.04. The van der Waals surface area contributed by atoms with Gasteiger partial charge in [-0.25, -0.2) is 4.39 Å². The highest BCUT2D eigenvalue weighted by atomic mass is 19.1. The molecule has 1 unspecified atom stereocenters. The van der Waals surface area contributed by atoms with Crippen LogP contribution < -0.4 is 10.6 Å². The summed E-state index contributed by atoms with van der Waals surface area (Å²) in [6.07, 6.45) is 1.85. The van der Waals surface area contributed by atoms with E-state index in [1.54, 1.807) is 32.0 Å². The molecule has 21 heavy (non-hydrogen) atoms. The highest BCUT2D eigenvalue weighted by Gasteiger charge is 2.07. The minimum absolute atomic E-state index is 0.0625. The van der Waals surface area contributed by atoms with Crippen molar-refractivity contribution in [1.29, 1.82) is 0 Å². The van der Waals surface area contributed by atoms with Crippen LogP contribution in [0.3, 0.4) is 0 Å². The number of anilines is 1. The summed E-state index contributed by atoms with van der Waals surface area (Å²) in [6, 6.07) is 5.17. The number of aromatic hydroxyl groups is 1. The SMILES string of the molecule is CN=C(NCNc1ccc(C)c(O)c1)/C(F)=C\C(C)C=O. The van der Waals surface area contributed by atoms with Gasteiger partial charge in [-0.2, -0.15) is 0 Å². The van der Waals surface area contributed by atoms with E-state index < -0.39 is 11.7 Å². The fourth-order valence-electron chi connectivity index (χ4n) is 1.57. The molecule has 0 radical (unpaired) electrons. The molecule has 0 aromatic heterocycles. The predicted octanol–water partition coefficient (Wildman–Crippen LogP) is 2.38. The normalized spacial score (nSPS) is 13.7. The van der Waals surface area contributed by atoms with Gasteiger partial charge in [-0.15, -0.1) is 0 Å². The summed E-state index contributed by atoms with van der Waals surface area (Å²) in [5.74, 6) is -0.834. The van der Waals surface area contributed by atoms with Gasteiger partial charge in [0.25, 0.3) is 0 Å². The third-order valence-electron chi connectivity index (χ3n) is 2.83. The van der Waals surface area contributed by atoms with E-state index in [9.17, 15) is 14.3 Å². The monoisotopic (exact) mass is 293 g/mol. The van der Waals surface area contributed by atoms with Crippen molar-refractivity contribution in [2.24, 2.45) is 10.9 Å². The summed E-state index contributed by atoms with van der Waals surface area (Å²) in [5, 5.41) is 15.3. The van der Waals surface area contributed by atoms with E-state index in [0.717, 1.165) is 5.56 Å². The number of aryl methyl sites for hydroxylation is 1. The second-order valence-electron chi connectivity index (χ2n) is 4.61. The van der Waals surface area contributed by atoms with Gasteiger partial charge in [-0.3, -0.25) is 4.99 Å². The zero-order valence-electron chi connectivity index (χ0n) is 12.4. The van der Waals surface area contributed by atoms with Crippen molar-refractivity contribution in [2.75, 3.05) is 19.0 Å². The number of carbonyl (C=O) groups excluding carboxylic acids is 1. The van der Waals surface area contributed by atoms with Crippen LogP contribution in [0.15, 0.2) is 35.1 Å². The Kier molecular flexibility index (Phi) is 6.39. The molecule has 0 saturated heterocycles. The zero-order valence-corrected chi connectivity index (χ0v) is 12.4. The topological polar surface area (TPSA) is 73.7 Å². The number of nitrogens with one attached hydrogen (secondary N) is 2. The largest absolute Gasteiger partial charge is 0.508 e. The summed E-state index contributed by atoms with van der Waals surface area (Å²) < 4.78 is 13.8. The van der Waals surface area contributed by atoms with Gasteiger partial charge in [0.05, 0.1) is 6.67 Å². The maximum absolute atomic E-state index is 13.8. The molecule has 0 fully saturated rings. The van der Waals surface area contributed by atoms with Gasteiger partial charge in [-0.05, 0) is 24.6 Å². The standard InChI is InChI=1S/C15H20FN3O2/c1-10(8-20)6-13(16)15(17-3)19-9-18-12-5-4-11(2)14(21)7-12/h4-8,10,18,21H,9H2,1-3H3,(H,17,19)/b13-6+. The van der Waals surface area contributed by atoms with Crippen molar-refractivity contribution in [3.63, 3.8) is 0 Å². The van der Waals surface area contributed by atoms with Crippen LogP contribution in [-0.4, -0.2) is 30.9 Å². The number of aldehydes is 1. The Morgan fingerprint density at radius 2 is 2.24 bits per heavy atom. The van der Waals surface area contributed by atoms with Crippen molar-refractivity contribution >= 4 is 17.8 Å². The van der Waals surface area contributed by atoms with E-state index in [-0.39, 0.29) is 18.3 Å². The lowest BCUT2D eigenvalue weighted by Gasteiger charge is -2.11. The van der Waals surface area contributed by atoms with Crippen LogP contribution in [0.2, 0.25) is 0 Å². The Morgan fingerprint density at radius 3 is 2.81 bits per heavy atom.